The largest absolute Gasteiger partial charge is 0.323 e. The van der Waals surface area contributed by atoms with E-state index in [0.717, 1.165) is 12.2 Å². The highest BCUT2D eigenvalue weighted by Gasteiger charge is 2.26. The van der Waals surface area contributed by atoms with Crippen molar-refractivity contribution >= 4 is 34.5 Å². The monoisotopic (exact) mass is 315 g/mol. The number of benzene rings is 1. The summed E-state index contributed by atoms with van der Waals surface area (Å²) in [7, 11) is 1.91. The number of likely N-dealkylation sites (N-methyl/N-ethyl adjacent to an activating group) is 1. The van der Waals surface area contributed by atoms with Gasteiger partial charge < -0.3 is 5.32 Å². The van der Waals surface area contributed by atoms with Crippen molar-refractivity contribution in [2.45, 2.75) is 6.54 Å². The third kappa shape index (κ3) is 3.18. The molecule has 0 saturated heterocycles. The van der Waals surface area contributed by atoms with E-state index in [2.05, 4.69) is 16.8 Å². The van der Waals surface area contributed by atoms with Crippen LogP contribution >= 0.6 is 11.3 Å². The highest BCUT2D eigenvalue weighted by molar-refractivity contribution is 7.07. The highest BCUT2D eigenvalue weighted by atomic mass is 32.1. The van der Waals surface area contributed by atoms with Crippen molar-refractivity contribution in [2.24, 2.45) is 0 Å². The lowest BCUT2D eigenvalue weighted by atomic mass is 10.2. The van der Waals surface area contributed by atoms with E-state index >= 15 is 0 Å². The van der Waals surface area contributed by atoms with Gasteiger partial charge in [0.15, 0.2) is 0 Å². The lowest BCUT2D eigenvalue weighted by Gasteiger charge is -2.30. The molecule has 3 rings (SSSR count). The third-order valence-corrected chi connectivity index (χ3v) is 4.24. The number of rotatable bonds is 4. The maximum Gasteiger partial charge on any atom is 0.244 e. The Bertz CT molecular complexity index is 684. The van der Waals surface area contributed by atoms with Crippen LogP contribution in [0.3, 0.4) is 0 Å². The third-order valence-electron chi connectivity index (χ3n) is 3.51. The van der Waals surface area contributed by atoms with Crippen molar-refractivity contribution in [3.05, 3.63) is 46.7 Å². The molecule has 5 nitrogen and oxygen atoms in total. The van der Waals surface area contributed by atoms with E-state index in [9.17, 15) is 9.59 Å². The molecule has 1 aliphatic heterocycles. The Morgan fingerprint density at radius 1 is 1.36 bits per heavy atom. The molecule has 0 atom stereocenters. The quantitative estimate of drug-likeness (QED) is 0.941. The average Bonchev–Trinajstić information content (AvgIpc) is 2.98. The van der Waals surface area contributed by atoms with Gasteiger partial charge in [0.05, 0.1) is 17.9 Å². The fourth-order valence-electron chi connectivity index (χ4n) is 2.52. The molecule has 0 bridgehead atoms. The van der Waals surface area contributed by atoms with Crippen LogP contribution in [-0.4, -0.2) is 36.9 Å². The predicted octanol–water partition coefficient (Wildman–Crippen LogP) is 2.17. The molecule has 2 amide bonds. The summed E-state index contributed by atoms with van der Waals surface area (Å²) in [5.41, 5.74) is 2.64. The Hall–Kier alpha value is -2.18. The number of nitrogens with zero attached hydrogens (tertiary/aromatic N) is 2. The number of hydrogen-bond acceptors (Lipinski definition) is 4. The maximum atomic E-state index is 12.6. The van der Waals surface area contributed by atoms with Crippen LogP contribution in [0.1, 0.15) is 5.56 Å². The lowest BCUT2D eigenvalue weighted by molar-refractivity contribution is -0.122. The molecule has 0 fully saturated rings. The Kier molecular flexibility index (Phi) is 4.22. The first-order valence-electron chi connectivity index (χ1n) is 7.02. The minimum Gasteiger partial charge on any atom is -0.323 e. The molecule has 2 aromatic rings. The van der Waals surface area contributed by atoms with Gasteiger partial charge >= 0.3 is 0 Å². The molecule has 0 saturated carbocycles. The highest BCUT2D eigenvalue weighted by Crippen LogP contribution is 2.28. The van der Waals surface area contributed by atoms with E-state index in [0.29, 0.717) is 5.69 Å². The van der Waals surface area contributed by atoms with E-state index < -0.39 is 0 Å². The molecule has 0 unspecified atom stereocenters. The summed E-state index contributed by atoms with van der Waals surface area (Å²) >= 11 is 1.64. The van der Waals surface area contributed by atoms with E-state index in [-0.39, 0.29) is 24.9 Å². The summed E-state index contributed by atoms with van der Waals surface area (Å²) in [4.78, 5) is 27.8. The summed E-state index contributed by atoms with van der Waals surface area (Å²) < 4.78 is 0. The fraction of sp³-hybridized carbons (Fsp3) is 0.250. The average molecular weight is 315 g/mol. The molecule has 2 heterocycles. The molecule has 1 aromatic carbocycles. The van der Waals surface area contributed by atoms with Gasteiger partial charge in [-0.2, -0.15) is 11.3 Å². The zero-order valence-electron chi connectivity index (χ0n) is 12.3. The van der Waals surface area contributed by atoms with Gasteiger partial charge in [-0.15, -0.1) is 0 Å². The fourth-order valence-corrected chi connectivity index (χ4v) is 3.18. The van der Waals surface area contributed by atoms with Crippen LogP contribution in [0.15, 0.2) is 41.1 Å². The second-order valence-electron chi connectivity index (χ2n) is 5.35. The van der Waals surface area contributed by atoms with Gasteiger partial charge in [-0.3, -0.25) is 19.4 Å². The number of para-hydroxylation sites is 2. The standard InChI is InChI=1S/C16H17N3O2S/c1-18(8-12-6-7-22-11-12)10-16(21)19-9-15(20)17-13-4-2-3-5-14(13)19/h2-7,11H,8-10H2,1H3,(H,17,20). The number of amides is 2. The molecular weight excluding hydrogens is 298 g/mol. The molecule has 1 N–H and O–H groups in total. The van der Waals surface area contributed by atoms with Gasteiger partial charge in [0, 0.05) is 6.54 Å². The van der Waals surface area contributed by atoms with Crippen molar-refractivity contribution < 1.29 is 9.59 Å². The molecule has 0 spiro atoms. The molecule has 1 aromatic heterocycles. The summed E-state index contributed by atoms with van der Waals surface area (Å²) in [6.45, 7) is 1.07. The molecule has 6 heteroatoms. The molecule has 1 aliphatic rings. The molecule has 22 heavy (non-hydrogen) atoms. The van der Waals surface area contributed by atoms with E-state index in [1.807, 2.05) is 41.6 Å². The number of thiophene rings is 1. The Morgan fingerprint density at radius 2 is 2.18 bits per heavy atom. The predicted molar refractivity (Wildman–Crippen MR) is 88.1 cm³/mol. The van der Waals surface area contributed by atoms with Crippen molar-refractivity contribution in [1.29, 1.82) is 0 Å². The summed E-state index contributed by atoms with van der Waals surface area (Å²) in [6.07, 6.45) is 0. The van der Waals surface area contributed by atoms with Gasteiger partial charge in [0.25, 0.3) is 0 Å². The summed E-state index contributed by atoms with van der Waals surface area (Å²) in [5.74, 6) is -0.229. The first kappa shape index (κ1) is 14.7. The number of hydrogen-bond donors (Lipinski definition) is 1. The first-order valence-corrected chi connectivity index (χ1v) is 7.96. The topological polar surface area (TPSA) is 52.7 Å². The number of anilines is 2. The zero-order valence-corrected chi connectivity index (χ0v) is 13.1. The van der Waals surface area contributed by atoms with Crippen LogP contribution in [0, 0.1) is 0 Å². The van der Waals surface area contributed by atoms with Crippen LogP contribution in [0.2, 0.25) is 0 Å². The number of fused-ring (bicyclic) bond motifs is 1. The number of nitrogens with one attached hydrogen (secondary N) is 1. The van der Waals surface area contributed by atoms with Gasteiger partial charge in [-0.1, -0.05) is 12.1 Å². The molecular formula is C16H17N3O2S. The minimum absolute atomic E-state index is 0.0694. The van der Waals surface area contributed by atoms with E-state index in [4.69, 9.17) is 0 Å². The van der Waals surface area contributed by atoms with Crippen LogP contribution in [0.4, 0.5) is 11.4 Å². The second-order valence-corrected chi connectivity index (χ2v) is 6.13. The molecule has 0 aliphatic carbocycles. The van der Waals surface area contributed by atoms with Gasteiger partial charge in [-0.25, -0.2) is 0 Å². The van der Waals surface area contributed by atoms with Gasteiger partial charge in [-0.05, 0) is 41.6 Å². The number of carbonyl (C=O) groups is 2. The van der Waals surface area contributed by atoms with E-state index in [1.165, 1.54) is 5.56 Å². The summed E-state index contributed by atoms with van der Waals surface area (Å²) in [6, 6.07) is 9.42. The first-order chi connectivity index (χ1) is 10.6. The number of carbonyl (C=O) groups excluding carboxylic acids is 2. The minimum atomic E-state index is -0.160. The van der Waals surface area contributed by atoms with Crippen molar-refractivity contribution in [2.75, 3.05) is 30.4 Å². The Labute approximate surface area is 133 Å². The normalized spacial score (nSPS) is 13.9. The van der Waals surface area contributed by atoms with Crippen LogP contribution in [0.5, 0.6) is 0 Å². The van der Waals surface area contributed by atoms with Crippen molar-refractivity contribution in [1.82, 2.24) is 4.90 Å². The lowest BCUT2D eigenvalue weighted by Crippen LogP contribution is -2.45. The van der Waals surface area contributed by atoms with Crippen LogP contribution in [-0.2, 0) is 16.1 Å². The summed E-state index contributed by atoms with van der Waals surface area (Å²) in [5, 5.41) is 6.89. The van der Waals surface area contributed by atoms with Crippen molar-refractivity contribution in [3.63, 3.8) is 0 Å². The van der Waals surface area contributed by atoms with Gasteiger partial charge in [0.2, 0.25) is 11.8 Å². The van der Waals surface area contributed by atoms with Crippen molar-refractivity contribution in [3.8, 4) is 0 Å². The zero-order chi connectivity index (χ0) is 15.5. The van der Waals surface area contributed by atoms with Crippen LogP contribution in [0.25, 0.3) is 0 Å². The maximum absolute atomic E-state index is 12.6. The van der Waals surface area contributed by atoms with Crippen LogP contribution < -0.4 is 10.2 Å². The van der Waals surface area contributed by atoms with Gasteiger partial charge in [0.1, 0.15) is 6.54 Å². The smallest absolute Gasteiger partial charge is 0.244 e. The Morgan fingerprint density at radius 3 is 2.95 bits per heavy atom. The molecule has 0 radical (unpaired) electrons. The molecule has 114 valence electrons. The SMILES string of the molecule is CN(CC(=O)N1CC(=O)Nc2ccccc21)Cc1ccsc1. The Balaban J connectivity index is 1.71. The second kappa shape index (κ2) is 6.29. The van der Waals surface area contributed by atoms with E-state index in [1.54, 1.807) is 16.2 Å².